The molecule has 0 aromatic rings. The van der Waals surface area contributed by atoms with Crippen LogP contribution in [0.1, 0.15) is 0 Å². The standard InChI is InChI=1S/C2H4O5S.ClH/c1-7-2(3)8(4,5)6;/h1H3,(H,4,5,6);1H. The lowest BCUT2D eigenvalue weighted by atomic mass is 11.5. The van der Waals surface area contributed by atoms with Gasteiger partial charge >= 0.3 is 15.4 Å². The highest BCUT2D eigenvalue weighted by Gasteiger charge is 2.17. The summed E-state index contributed by atoms with van der Waals surface area (Å²) in [6.07, 6.45) is 0. The van der Waals surface area contributed by atoms with E-state index in [1.807, 2.05) is 0 Å². The van der Waals surface area contributed by atoms with Crippen molar-refractivity contribution in [2.75, 3.05) is 7.11 Å². The van der Waals surface area contributed by atoms with Crippen molar-refractivity contribution in [3.63, 3.8) is 0 Å². The van der Waals surface area contributed by atoms with E-state index in [9.17, 15) is 13.2 Å². The van der Waals surface area contributed by atoms with Crippen LogP contribution < -0.4 is 0 Å². The van der Waals surface area contributed by atoms with Gasteiger partial charge in [0.05, 0.1) is 7.11 Å². The van der Waals surface area contributed by atoms with Gasteiger partial charge in [0, 0.05) is 0 Å². The molecule has 0 spiro atoms. The molecule has 9 heavy (non-hydrogen) atoms. The Labute approximate surface area is 58.2 Å². The summed E-state index contributed by atoms with van der Waals surface area (Å²) in [5.41, 5.74) is 0. The van der Waals surface area contributed by atoms with E-state index >= 15 is 0 Å². The lowest BCUT2D eigenvalue weighted by molar-refractivity contribution is 0.194. The molecule has 0 bridgehead atoms. The van der Waals surface area contributed by atoms with E-state index in [2.05, 4.69) is 4.74 Å². The van der Waals surface area contributed by atoms with E-state index in [1.54, 1.807) is 0 Å². The molecule has 0 rings (SSSR count). The summed E-state index contributed by atoms with van der Waals surface area (Å²) in [5.74, 6) is 0. The fourth-order valence-electron chi connectivity index (χ4n) is 0.105. The molecule has 0 saturated carbocycles. The Bertz CT molecular complexity index is 181. The van der Waals surface area contributed by atoms with Crippen LogP contribution in [0.4, 0.5) is 4.79 Å². The molecule has 7 heteroatoms. The van der Waals surface area contributed by atoms with Gasteiger partial charge < -0.3 is 4.74 Å². The lowest BCUT2D eigenvalue weighted by Crippen LogP contribution is -2.12. The Hall–Kier alpha value is -0.330. The molecular formula is C2H5ClO5S. The highest BCUT2D eigenvalue weighted by Crippen LogP contribution is 1.86. The summed E-state index contributed by atoms with van der Waals surface area (Å²) in [4.78, 5) is 9.77. The fourth-order valence-corrected chi connectivity index (χ4v) is 0.316. The lowest BCUT2D eigenvalue weighted by Gasteiger charge is -1.89. The molecule has 1 N–H and O–H groups in total. The molecule has 0 aromatic heterocycles. The van der Waals surface area contributed by atoms with E-state index in [4.69, 9.17) is 4.55 Å². The van der Waals surface area contributed by atoms with Crippen LogP contribution in [0.3, 0.4) is 0 Å². The largest absolute Gasteiger partial charge is 0.456 e. The molecule has 0 radical (unpaired) electrons. The average molecular weight is 177 g/mol. The Morgan fingerprint density at radius 3 is 1.89 bits per heavy atom. The van der Waals surface area contributed by atoms with Gasteiger partial charge in [-0.15, -0.1) is 12.4 Å². The minimum absolute atomic E-state index is 0. The van der Waals surface area contributed by atoms with Crippen molar-refractivity contribution in [2.45, 2.75) is 0 Å². The molecule has 0 amide bonds. The first kappa shape index (κ1) is 11.5. The van der Waals surface area contributed by atoms with Crippen LogP contribution in [0.2, 0.25) is 0 Å². The zero-order valence-corrected chi connectivity index (χ0v) is 6.03. The second-order valence-corrected chi connectivity index (χ2v) is 2.21. The molecule has 0 heterocycles. The summed E-state index contributed by atoms with van der Waals surface area (Å²) in [6.45, 7) is 0. The number of carbonyl (C=O) groups is 1. The third-order valence-corrected chi connectivity index (χ3v) is 0.965. The quantitative estimate of drug-likeness (QED) is 0.417. The molecule has 0 unspecified atom stereocenters. The van der Waals surface area contributed by atoms with Crippen LogP contribution in [0.25, 0.3) is 0 Å². The number of hydrogen-bond acceptors (Lipinski definition) is 4. The Morgan fingerprint density at radius 2 is 1.89 bits per heavy atom. The maximum absolute atomic E-state index is 9.77. The highest BCUT2D eigenvalue weighted by molar-refractivity contribution is 8.00. The van der Waals surface area contributed by atoms with Crippen molar-refractivity contribution in [1.82, 2.24) is 0 Å². The molecule has 0 aliphatic heterocycles. The minimum Gasteiger partial charge on any atom is -0.456 e. The summed E-state index contributed by atoms with van der Waals surface area (Å²) >= 11 is 0. The predicted octanol–water partition coefficient (Wildman–Crippen LogP) is 0.0624. The third-order valence-electron chi connectivity index (χ3n) is 0.377. The van der Waals surface area contributed by atoms with Crippen molar-refractivity contribution < 1.29 is 22.5 Å². The summed E-state index contributed by atoms with van der Waals surface area (Å²) in [6, 6.07) is 0. The third kappa shape index (κ3) is 4.19. The van der Waals surface area contributed by atoms with E-state index in [0.717, 1.165) is 7.11 Å². The zero-order valence-electron chi connectivity index (χ0n) is 4.40. The normalized spacial score (nSPS) is 9.56. The predicted molar refractivity (Wildman–Crippen MR) is 31.2 cm³/mol. The van der Waals surface area contributed by atoms with Gasteiger partial charge in [0.25, 0.3) is 0 Å². The molecule has 0 atom stereocenters. The Balaban J connectivity index is 0. The van der Waals surface area contributed by atoms with Crippen LogP contribution in [0, 0.1) is 0 Å². The van der Waals surface area contributed by atoms with Crippen LogP contribution in [-0.4, -0.2) is 25.4 Å². The summed E-state index contributed by atoms with van der Waals surface area (Å²) < 4.78 is 30.7. The van der Waals surface area contributed by atoms with E-state index in [-0.39, 0.29) is 12.4 Å². The van der Waals surface area contributed by atoms with Crippen molar-refractivity contribution in [3.8, 4) is 0 Å². The van der Waals surface area contributed by atoms with Gasteiger partial charge in [-0.2, -0.15) is 8.42 Å². The summed E-state index contributed by atoms with van der Waals surface area (Å²) in [5, 5.41) is -1.64. The Kier molecular flexibility index (Phi) is 4.65. The maximum atomic E-state index is 9.77. The van der Waals surface area contributed by atoms with E-state index in [1.165, 1.54) is 0 Å². The minimum atomic E-state index is -4.61. The van der Waals surface area contributed by atoms with Crippen LogP contribution in [0.5, 0.6) is 0 Å². The topological polar surface area (TPSA) is 80.7 Å². The first-order chi connectivity index (χ1) is 3.48. The second kappa shape index (κ2) is 3.65. The fraction of sp³-hybridized carbons (Fsp3) is 0.500. The number of ether oxygens (including phenoxy) is 1. The van der Waals surface area contributed by atoms with Crippen molar-refractivity contribution in [1.29, 1.82) is 0 Å². The van der Waals surface area contributed by atoms with Gasteiger partial charge in [-0.25, -0.2) is 4.79 Å². The highest BCUT2D eigenvalue weighted by atomic mass is 35.5. The van der Waals surface area contributed by atoms with Gasteiger partial charge in [0.1, 0.15) is 0 Å². The van der Waals surface area contributed by atoms with E-state index < -0.39 is 15.4 Å². The SMILES string of the molecule is COC(=O)S(=O)(=O)O.Cl. The molecular weight excluding hydrogens is 172 g/mol. The molecule has 0 fully saturated rings. The van der Waals surface area contributed by atoms with Crippen molar-refractivity contribution in [2.24, 2.45) is 0 Å². The van der Waals surface area contributed by atoms with Gasteiger partial charge in [-0.05, 0) is 0 Å². The van der Waals surface area contributed by atoms with E-state index in [0.29, 0.717) is 0 Å². The van der Waals surface area contributed by atoms with Crippen LogP contribution in [-0.2, 0) is 14.9 Å². The monoisotopic (exact) mass is 176 g/mol. The number of hydrogen-bond donors (Lipinski definition) is 1. The molecule has 0 saturated heterocycles. The zero-order chi connectivity index (χ0) is 6.78. The molecule has 56 valence electrons. The first-order valence-corrected chi connectivity index (χ1v) is 2.98. The second-order valence-electron chi connectivity index (χ2n) is 0.929. The van der Waals surface area contributed by atoms with Gasteiger partial charge in [0.15, 0.2) is 0 Å². The number of rotatable bonds is 0. The molecule has 5 nitrogen and oxygen atoms in total. The molecule has 0 aromatic carbocycles. The van der Waals surface area contributed by atoms with Gasteiger partial charge in [0.2, 0.25) is 0 Å². The summed E-state index contributed by atoms with van der Waals surface area (Å²) in [7, 11) is -3.76. The maximum Gasteiger partial charge on any atom is 0.451 e. The number of carbonyl (C=O) groups excluding carboxylic acids is 1. The molecule has 0 aliphatic carbocycles. The average Bonchev–Trinajstić information content (AvgIpc) is 1.62. The Morgan fingerprint density at radius 1 is 1.56 bits per heavy atom. The first-order valence-electron chi connectivity index (χ1n) is 1.54. The number of methoxy groups -OCH3 is 1. The van der Waals surface area contributed by atoms with Gasteiger partial charge in [-0.3, -0.25) is 4.55 Å². The molecule has 0 aliphatic rings. The van der Waals surface area contributed by atoms with Crippen molar-refractivity contribution in [3.05, 3.63) is 0 Å². The van der Waals surface area contributed by atoms with Gasteiger partial charge in [-0.1, -0.05) is 0 Å². The number of halogens is 1. The van der Waals surface area contributed by atoms with Crippen LogP contribution >= 0.6 is 12.4 Å². The smallest absolute Gasteiger partial charge is 0.451 e. The van der Waals surface area contributed by atoms with Crippen LogP contribution in [0.15, 0.2) is 0 Å². The van der Waals surface area contributed by atoms with Crippen molar-refractivity contribution >= 4 is 27.8 Å².